The van der Waals surface area contributed by atoms with Crippen molar-refractivity contribution in [3.05, 3.63) is 48.8 Å². The molecule has 0 bridgehead atoms. The maximum absolute atomic E-state index is 12.0. The third kappa shape index (κ3) is 2.57. The van der Waals surface area contributed by atoms with Gasteiger partial charge in [-0.2, -0.15) is 0 Å². The number of aromatic amines is 1. The fourth-order valence-electron chi connectivity index (χ4n) is 1.92. The summed E-state index contributed by atoms with van der Waals surface area (Å²) in [6.07, 6.45) is 0.491. The van der Waals surface area contributed by atoms with Crippen LogP contribution in [-0.2, 0) is 13.6 Å². The van der Waals surface area contributed by atoms with Crippen molar-refractivity contribution in [1.29, 1.82) is 0 Å². The number of carbonyl (C=O) groups is 1. The van der Waals surface area contributed by atoms with E-state index in [2.05, 4.69) is 4.98 Å². The highest BCUT2D eigenvalue weighted by atomic mass is 32.1. The molecule has 0 aliphatic rings. The zero-order valence-corrected chi connectivity index (χ0v) is 12.1. The number of hydrogen-bond donors (Lipinski definition) is 1. The van der Waals surface area contributed by atoms with Gasteiger partial charge in [0.1, 0.15) is 11.4 Å². The van der Waals surface area contributed by atoms with Gasteiger partial charge in [-0.1, -0.05) is 6.07 Å². The average Bonchev–Trinajstić information content (AvgIpc) is 2.95. The molecule has 2 aromatic rings. The minimum Gasteiger partial charge on any atom is -0.352 e. The molecule has 6 nitrogen and oxygen atoms in total. The summed E-state index contributed by atoms with van der Waals surface area (Å²) in [5.74, 6) is 0.281. The topological polar surface area (TPSA) is 75.2 Å². The van der Waals surface area contributed by atoms with Crippen molar-refractivity contribution in [2.24, 2.45) is 7.05 Å². The molecule has 2 aromatic heterocycles. The molecule has 0 spiro atoms. The van der Waals surface area contributed by atoms with Crippen molar-refractivity contribution in [1.82, 2.24) is 9.55 Å². The van der Waals surface area contributed by atoms with Gasteiger partial charge in [0.25, 0.3) is 5.56 Å². The van der Waals surface area contributed by atoms with Crippen LogP contribution in [0.5, 0.6) is 0 Å². The number of thiophene rings is 1. The Morgan fingerprint density at radius 3 is 2.75 bits per heavy atom. The Morgan fingerprint density at radius 1 is 1.45 bits per heavy atom. The second kappa shape index (κ2) is 5.87. The molecule has 106 valence electrons. The van der Waals surface area contributed by atoms with E-state index in [9.17, 15) is 14.4 Å². The van der Waals surface area contributed by atoms with Crippen LogP contribution in [0, 0.1) is 0 Å². The second-order valence-corrected chi connectivity index (χ2v) is 5.30. The van der Waals surface area contributed by atoms with Gasteiger partial charge in [-0.05, 0) is 18.4 Å². The molecule has 0 atom stereocenters. The van der Waals surface area contributed by atoms with Gasteiger partial charge in [0.05, 0.1) is 6.54 Å². The number of nitrogens with one attached hydrogen (secondary N) is 1. The molecule has 2 rings (SSSR count). The van der Waals surface area contributed by atoms with Crippen LogP contribution in [0.25, 0.3) is 0 Å². The lowest BCUT2D eigenvalue weighted by atomic mass is 10.3. The Labute approximate surface area is 119 Å². The number of aldehydes is 1. The van der Waals surface area contributed by atoms with Crippen molar-refractivity contribution in [3.63, 3.8) is 0 Å². The van der Waals surface area contributed by atoms with Crippen LogP contribution in [0.4, 0.5) is 5.82 Å². The molecule has 2 heterocycles. The third-order valence-corrected chi connectivity index (χ3v) is 3.92. The Kier molecular flexibility index (Phi) is 4.19. The maximum Gasteiger partial charge on any atom is 0.329 e. The van der Waals surface area contributed by atoms with Crippen LogP contribution in [-0.4, -0.2) is 22.4 Å². The van der Waals surface area contributed by atoms with Gasteiger partial charge in [0, 0.05) is 18.5 Å². The minimum atomic E-state index is -0.580. The fraction of sp³-hybridized carbons (Fsp3) is 0.308. The van der Waals surface area contributed by atoms with Gasteiger partial charge < -0.3 is 4.90 Å². The Balaban J connectivity index is 2.52. The van der Waals surface area contributed by atoms with E-state index >= 15 is 0 Å². The fourth-order valence-corrected chi connectivity index (χ4v) is 2.64. The van der Waals surface area contributed by atoms with Crippen molar-refractivity contribution < 1.29 is 4.79 Å². The summed E-state index contributed by atoms with van der Waals surface area (Å²) >= 11 is 1.58. The van der Waals surface area contributed by atoms with Crippen molar-refractivity contribution in [3.8, 4) is 0 Å². The van der Waals surface area contributed by atoms with E-state index in [0.29, 0.717) is 19.4 Å². The molecule has 7 heteroatoms. The zero-order chi connectivity index (χ0) is 14.7. The lowest BCUT2D eigenvalue weighted by Crippen LogP contribution is -2.38. The lowest BCUT2D eigenvalue weighted by Gasteiger charge is -2.23. The van der Waals surface area contributed by atoms with Crippen molar-refractivity contribution >= 4 is 23.4 Å². The number of anilines is 1. The normalized spacial score (nSPS) is 10.5. The van der Waals surface area contributed by atoms with Crippen LogP contribution in [0.3, 0.4) is 0 Å². The maximum atomic E-state index is 12.0. The molecule has 0 radical (unpaired) electrons. The van der Waals surface area contributed by atoms with Crippen molar-refractivity contribution in [2.75, 3.05) is 11.4 Å². The standard InChI is InChI=1S/C13H15N3O3S/c1-3-16(7-9-5-4-6-20-9)11-10(8-17)12(18)15(2)13(19)14-11/h4-6,8H,3,7H2,1-2H3,(H,14,19). The monoisotopic (exact) mass is 293 g/mol. The average molecular weight is 293 g/mol. The number of nitrogens with zero attached hydrogens (tertiary/aromatic N) is 2. The molecule has 0 unspecified atom stereocenters. The zero-order valence-electron chi connectivity index (χ0n) is 11.3. The van der Waals surface area contributed by atoms with E-state index < -0.39 is 11.2 Å². The first kappa shape index (κ1) is 14.3. The SMILES string of the molecule is CCN(Cc1cccs1)c1[nH]c(=O)n(C)c(=O)c1C=O. The van der Waals surface area contributed by atoms with Gasteiger partial charge in [-0.25, -0.2) is 4.79 Å². The molecule has 0 amide bonds. The largest absolute Gasteiger partial charge is 0.352 e. The Bertz CT molecular complexity index is 715. The molecule has 0 aliphatic carbocycles. The quantitative estimate of drug-likeness (QED) is 0.834. The van der Waals surface area contributed by atoms with E-state index in [4.69, 9.17) is 0 Å². The van der Waals surface area contributed by atoms with E-state index in [1.54, 1.807) is 16.2 Å². The van der Waals surface area contributed by atoms with Crippen LogP contribution < -0.4 is 16.1 Å². The first-order valence-electron chi connectivity index (χ1n) is 6.14. The van der Waals surface area contributed by atoms with Gasteiger partial charge in [0.15, 0.2) is 6.29 Å². The highest BCUT2D eigenvalue weighted by Crippen LogP contribution is 2.17. The molecule has 1 N–H and O–H groups in total. The summed E-state index contributed by atoms with van der Waals surface area (Å²) in [4.78, 5) is 40.3. The third-order valence-electron chi connectivity index (χ3n) is 3.06. The highest BCUT2D eigenvalue weighted by molar-refractivity contribution is 7.09. The van der Waals surface area contributed by atoms with Crippen molar-refractivity contribution in [2.45, 2.75) is 13.5 Å². The van der Waals surface area contributed by atoms with Crippen LogP contribution >= 0.6 is 11.3 Å². The number of aromatic nitrogens is 2. The predicted octanol–water partition coefficient (Wildman–Crippen LogP) is 0.974. The summed E-state index contributed by atoms with van der Waals surface area (Å²) in [5.41, 5.74) is -1.13. The van der Waals surface area contributed by atoms with Crippen LogP contribution in [0.2, 0.25) is 0 Å². The predicted molar refractivity (Wildman–Crippen MR) is 78.7 cm³/mol. The minimum absolute atomic E-state index is 0.0227. The summed E-state index contributed by atoms with van der Waals surface area (Å²) < 4.78 is 0.895. The van der Waals surface area contributed by atoms with E-state index in [0.717, 1.165) is 9.44 Å². The number of hydrogen-bond acceptors (Lipinski definition) is 5. The van der Waals surface area contributed by atoms with Gasteiger partial charge >= 0.3 is 5.69 Å². The summed E-state index contributed by atoms with van der Waals surface area (Å²) in [6, 6.07) is 3.90. The summed E-state index contributed by atoms with van der Waals surface area (Å²) in [5, 5.41) is 1.95. The van der Waals surface area contributed by atoms with Gasteiger partial charge in [-0.3, -0.25) is 19.1 Å². The molecular formula is C13H15N3O3S. The van der Waals surface area contributed by atoms with Gasteiger partial charge in [-0.15, -0.1) is 11.3 Å². The Morgan fingerprint density at radius 2 is 2.20 bits per heavy atom. The highest BCUT2D eigenvalue weighted by Gasteiger charge is 2.17. The molecule has 0 aliphatic heterocycles. The molecule has 0 saturated carbocycles. The number of H-pyrrole nitrogens is 1. The number of carbonyl (C=O) groups excluding carboxylic acids is 1. The smallest absolute Gasteiger partial charge is 0.329 e. The molecular weight excluding hydrogens is 278 g/mol. The molecule has 0 fully saturated rings. The lowest BCUT2D eigenvalue weighted by molar-refractivity contribution is 0.112. The van der Waals surface area contributed by atoms with Gasteiger partial charge in [0.2, 0.25) is 0 Å². The summed E-state index contributed by atoms with van der Waals surface area (Å²) in [6.45, 7) is 3.01. The molecule has 20 heavy (non-hydrogen) atoms. The van der Waals surface area contributed by atoms with E-state index in [1.807, 2.05) is 24.4 Å². The first-order chi connectivity index (χ1) is 9.58. The number of rotatable bonds is 5. The van der Waals surface area contributed by atoms with Crippen LogP contribution in [0.15, 0.2) is 27.1 Å². The van der Waals surface area contributed by atoms with Crippen LogP contribution in [0.1, 0.15) is 22.2 Å². The second-order valence-electron chi connectivity index (χ2n) is 4.27. The van der Waals surface area contributed by atoms with E-state index in [1.165, 1.54) is 7.05 Å². The molecule has 0 aromatic carbocycles. The van der Waals surface area contributed by atoms with E-state index in [-0.39, 0.29) is 11.4 Å². The Hall–Kier alpha value is -2.15. The summed E-state index contributed by atoms with van der Waals surface area (Å²) in [7, 11) is 1.34. The molecule has 0 saturated heterocycles. The first-order valence-corrected chi connectivity index (χ1v) is 7.02.